The lowest BCUT2D eigenvalue weighted by molar-refractivity contribution is 0.0968. The largest absolute Gasteiger partial charge is 0.331 e. The zero-order valence-corrected chi connectivity index (χ0v) is 16.9. The number of carbonyl (C=O) groups is 1. The molecule has 0 saturated heterocycles. The molecule has 0 unspecified atom stereocenters. The Morgan fingerprint density at radius 2 is 1.76 bits per heavy atom. The predicted octanol–water partition coefficient (Wildman–Crippen LogP) is 2.50. The number of ketones is 1. The van der Waals surface area contributed by atoms with Gasteiger partial charge in [0, 0.05) is 35.4 Å². The molecule has 3 rings (SSSR count). The summed E-state index contributed by atoms with van der Waals surface area (Å²) in [6.45, 7) is 7.35. The van der Waals surface area contributed by atoms with Crippen LogP contribution in [0.2, 0.25) is 0 Å². The van der Waals surface area contributed by atoms with Crippen LogP contribution in [0, 0.1) is 32.1 Å². The van der Waals surface area contributed by atoms with Gasteiger partial charge in [-0.2, -0.15) is 5.26 Å². The first kappa shape index (κ1) is 20.1. The van der Waals surface area contributed by atoms with Crippen LogP contribution in [0.3, 0.4) is 0 Å². The van der Waals surface area contributed by atoms with E-state index >= 15 is 0 Å². The summed E-state index contributed by atoms with van der Waals surface area (Å²) < 4.78 is 4.05. The van der Waals surface area contributed by atoms with E-state index in [4.69, 9.17) is 5.26 Å². The van der Waals surface area contributed by atoms with Gasteiger partial charge in [-0.05, 0) is 45.9 Å². The van der Waals surface area contributed by atoms with Gasteiger partial charge in [-0.3, -0.25) is 18.7 Å². The van der Waals surface area contributed by atoms with Crippen LogP contribution in [0.1, 0.15) is 39.8 Å². The predicted molar refractivity (Wildman–Crippen MR) is 110 cm³/mol. The molecule has 2 aromatic heterocycles. The number of nitriles is 1. The Kier molecular flexibility index (Phi) is 5.37. The molecule has 2 heterocycles. The van der Waals surface area contributed by atoms with Crippen LogP contribution in [-0.4, -0.2) is 19.5 Å². The molecule has 148 valence electrons. The van der Waals surface area contributed by atoms with Crippen LogP contribution in [0.4, 0.5) is 0 Å². The van der Waals surface area contributed by atoms with E-state index in [0.29, 0.717) is 12.1 Å². The van der Waals surface area contributed by atoms with Gasteiger partial charge in [0.2, 0.25) is 0 Å². The fourth-order valence-corrected chi connectivity index (χ4v) is 3.46. The second kappa shape index (κ2) is 7.76. The van der Waals surface area contributed by atoms with Crippen molar-refractivity contribution in [2.75, 3.05) is 0 Å². The summed E-state index contributed by atoms with van der Waals surface area (Å²) in [5, 5.41) is 9.17. The maximum atomic E-state index is 13.0. The van der Waals surface area contributed by atoms with Crippen LogP contribution in [-0.2, 0) is 13.1 Å². The van der Waals surface area contributed by atoms with Crippen molar-refractivity contribution < 1.29 is 4.79 Å². The van der Waals surface area contributed by atoms with Crippen LogP contribution < -0.4 is 11.2 Å². The summed E-state index contributed by atoms with van der Waals surface area (Å²) in [7, 11) is 0. The Morgan fingerprint density at radius 1 is 1.10 bits per heavy atom. The highest BCUT2D eigenvalue weighted by molar-refractivity contribution is 5.97. The zero-order chi connectivity index (χ0) is 21.3. The molecule has 0 spiro atoms. The number of carbonyl (C=O) groups excluding carboxylic acids is 1. The van der Waals surface area contributed by atoms with Crippen LogP contribution >= 0.6 is 0 Å². The van der Waals surface area contributed by atoms with E-state index in [2.05, 4.69) is 0 Å². The third kappa shape index (κ3) is 3.57. The molecule has 0 atom stereocenters. The summed E-state index contributed by atoms with van der Waals surface area (Å²) >= 11 is 0. The normalized spacial score (nSPS) is 10.7. The number of hydrogen-bond acceptors (Lipinski definition) is 4. The second-order valence-electron chi connectivity index (χ2n) is 6.99. The molecule has 7 nitrogen and oxygen atoms in total. The van der Waals surface area contributed by atoms with E-state index in [-0.39, 0.29) is 11.3 Å². The Morgan fingerprint density at radius 3 is 2.34 bits per heavy atom. The van der Waals surface area contributed by atoms with Crippen molar-refractivity contribution in [3.05, 3.63) is 85.4 Å². The van der Waals surface area contributed by atoms with E-state index in [1.54, 1.807) is 19.1 Å². The minimum atomic E-state index is -0.747. The molecule has 0 aliphatic heterocycles. The Hall–Kier alpha value is -3.66. The zero-order valence-electron chi connectivity index (χ0n) is 16.9. The summed E-state index contributed by atoms with van der Waals surface area (Å²) in [4.78, 5) is 37.9. The lowest BCUT2D eigenvalue weighted by Gasteiger charge is -2.11. The van der Waals surface area contributed by atoms with E-state index < -0.39 is 17.8 Å². The molecule has 0 bridgehead atoms. The first-order valence-electron chi connectivity index (χ1n) is 9.32. The third-order valence-corrected chi connectivity index (χ3v) is 5.02. The molecule has 0 radical (unpaired) electrons. The first-order chi connectivity index (χ1) is 13.8. The smallest absolute Gasteiger partial charge is 0.318 e. The van der Waals surface area contributed by atoms with Crippen molar-refractivity contribution >= 4 is 5.78 Å². The quantitative estimate of drug-likeness (QED) is 0.626. The highest BCUT2D eigenvalue weighted by Crippen LogP contribution is 2.21. The first-order valence-corrected chi connectivity index (χ1v) is 9.32. The molecule has 0 fully saturated rings. The maximum Gasteiger partial charge on any atom is 0.331 e. The van der Waals surface area contributed by atoms with Crippen LogP contribution in [0.5, 0.6) is 0 Å². The number of hydrogen-bond donors (Lipinski definition) is 0. The Bertz CT molecular complexity index is 1250. The van der Waals surface area contributed by atoms with Crippen LogP contribution in [0.25, 0.3) is 5.69 Å². The lowest BCUT2D eigenvalue weighted by atomic mass is 10.1. The minimum Gasteiger partial charge on any atom is -0.318 e. The number of rotatable bonds is 5. The fraction of sp³-hybridized carbons (Fsp3) is 0.273. The van der Waals surface area contributed by atoms with E-state index in [9.17, 15) is 14.4 Å². The van der Waals surface area contributed by atoms with Crippen molar-refractivity contribution in [2.45, 2.75) is 40.8 Å². The van der Waals surface area contributed by atoms with Crippen molar-refractivity contribution in [2.24, 2.45) is 0 Å². The molecular weight excluding hydrogens is 368 g/mol. The highest BCUT2D eigenvalue weighted by Gasteiger charge is 2.20. The monoisotopic (exact) mass is 390 g/mol. The molecule has 0 saturated carbocycles. The number of benzene rings is 1. The molecule has 0 aliphatic rings. The van der Waals surface area contributed by atoms with Gasteiger partial charge in [0.25, 0.3) is 5.56 Å². The standard InChI is InChI=1S/C22H22N4O3/c1-5-24-12-17(11-23)21(28)25(22(24)29)13-20(27)19-10-15(3)26(16(19)4)18-8-6-14(2)7-9-18/h6-10,12H,5,13H2,1-4H3. The van der Waals surface area contributed by atoms with Gasteiger partial charge < -0.3 is 4.57 Å². The average molecular weight is 390 g/mol. The van der Waals surface area contributed by atoms with E-state index in [1.165, 1.54) is 10.8 Å². The minimum absolute atomic E-state index is 0.163. The molecule has 1 aromatic carbocycles. The van der Waals surface area contributed by atoms with E-state index in [0.717, 1.165) is 27.2 Å². The number of aromatic nitrogens is 3. The number of aryl methyl sites for hydroxylation is 3. The van der Waals surface area contributed by atoms with Gasteiger partial charge in [0.1, 0.15) is 11.6 Å². The van der Waals surface area contributed by atoms with Gasteiger partial charge in [0.05, 0.1) is 6.54 Å². The summed E-state index contributed by atoms with van der Waals surface area (Å²) in [6, 6.07) is 11.5. The SMILES string of the molecule is CCn1cc(C#N)c(=O)n(CC(=O)c2cc(C)n(-c3ccc(C)cc3)c2C)c1=O. The van der Waals surface area contributed by atoms with E-state index in [1.807, 2.05) is 49.6 Å². The van der Waals surface area contributed by atoms with Gasteiger partial charge in [0.15, 0.2) is 5.78 Å². The van der Waals surface area contributed by atoms with Crippen molar-refractivity contribution in [3.8, 4) is 11.8 Å². The average Bonchev–Trinajstić information content (AvgIpc) is 3.00. The van der Waals surface area contributed by atoms with Gasteiger partial charge in [-0.25, -0.2) is 4.79 Å². The molecule has 0 aliphatic carbocycles. The summed E-state index contributed by atoms with van der Waals surface area (Å²) in [5.41, 5.74) is 2.61. The molecule has 0 N–H and O–H groups in total. The second-order valence-corrected chi connectivity index (χ2v) is 6.99. The molecule has 3 aromatic rings. The summed E-state index contributed by atoms with van der Waals surface area (Å²) in [5.74, 6) is -0.353. The molecule has 0 amide bonds. The Balaban J connectivity index is 2.05. The van der Waals surface area contributed by atoms with Gasteiger partial charge in [-0.15, -0.1) is 0 Å². The maximum absolute atomic E-state index is 13.0. The highest BCUT2D eigenvalue weighted by atomic mass is 16.2. The topological polar surface area (TPSA) is 89.8 Å². The van der Waals surface area contributed by atoms with Gasteiger partial charge in [-0.1, -0.05) is 17.7 Å². The van der Waals surface area contributed by atoms with Crippen molar-refractivity contribution in [1.82, 2.24) is 13.7 Å². The molecule has 7 heteroatoms. The third-order valence-electron chi connectivity index (χ3n) is 5.02. The number of nitrogens with zero attached hydrogens (tertiary/aromatic N) is 4. The van der Waals surface area contributed by atoms with Crippen molar-refractivity contribution in [3.63, 3.8) is 0 Å². The van der Waals surface area contributed by atoms with Gasteiger partial charge >= 0.3 is 5.69 Å². The summed E-state index contributed by atoms with van der Waals surface area (Å²) in [6.07, 6.45) is 1.23. The van der Waals surface area contributed by atoms with Crippen molar-refractivity contribution in [1.29, 1.82) is 5.26 Å². The molecule has 29 heavy (non-hydrogen) atoms. The Labute approximate surface area is 168 Å². The number of Topliss-reactive ketones (excluding diaryl/α,β-unsaturated/α-hetero) is 1. The van der Waals surface area contributed by atoms with Crippen LogP contribution in [0.15, 0.2) is 46.1 Å². The lowest BCUT2D eigenvalue weighted by Crippen LogP contribution is -2.42. The fourth-order valence-electron chi connectivity index (χ4n) is 3.46. The molecular formula is C22H22N4O3.